The van der Waals surface area contributed by atoms with E-state index in [4.69, 9.17) is 10.5 Å². The second-order valence-electron chi connectivity index (χ2n) is 5.02. The number of carbonyl (C=O) groups excluding carboxylic acids is 1. The third-order valence-corrected chi connectivity index (χ3v) is 3.14. The van der Waals surface area contributed by atoms with Gasteiger partial charge in [-0.25, -0.2) is 0 Å². The number of hydrogen-bond acceptors (Lipinski definition) is 4. The molecule has 0 heterocycles. The summed E-state index contributed by atoms with van der Waals surface area (Å²) >= 11 is 0. The van der Waals surface area contributed by atoms with Gasteiger partial charge < -0.3 is 20.7 Å². The molecule has 1 rings (SSSR count). The average molecular weight is 279 g/mol. The van der Waals surface area contributed by atoms with Gasteiger partial charge in [-0.2, -0.15) is 0 Å². The van der Waals surface area contributed by atoms with Crippen molar-refractivity contribution in [3.05, 3.63) is 23.8 Å². The van der Waals surface area contributed by atoms with Crippen molar-refractivity contribution in [1.29, 1.82) is 0 Å². The van der Waals surface area contributed by atoms with Gasteiger partial charge in [-0.05, 0) is 38.1 Å². The van der Waals surface area contributed by atoms with E-state index in [1.165, 1.54) is 0 Å². The van der Waals surface area contributed by atoms with Crippen molar-refractivity contribution >= 4 is 17.3 Å². The number of methoxy groups -OCH3 is 1. The first-order valence-corrected chi connectivity index (χ1v) is 6.86. The van der Waals surface area contributed by atoms with Gasteiger partial charge in [-0.15, -0.1) is 0 Å². The van der Waals surface area contributed by atoms with Crippen LogP contribution in [0, 0.1) is 6.92 Å². The number of aryl methyl sites for hydroxylation is 1. The number of rotatable bonds is 8. The monoisotopic (exact) mass is 279 g/mol. The SMILES string of the molecule is COCCCN(C)CCC(=O)Nc1cc(N)ccc1C. The minimum atomic E-state index is 0.0114. The Labute approximate surface area is 121 Å². The smallest absolute Gasteiger partial charge is 0.225 e. The predicted octanol–water partition coefficient (Wildman–Crippen LogP) is 1.87. The van der Waals surface area contributed by atoms with Crippen LogP contribution in [0.4, 0.5) is 11.4 Å². The Hall–Kier alpha value is -1.59. The molecule has 0 atom stereocenters. The van der Waals surface area contributed by atoms with E-state index < -0.39 is 0 Å². The van der Waals surface area contributed by atoms with Crippen LogP contribution in [0.15, 0.2) is 18.2 Å². The van der Waals surface area contributed by atoms with Crippen molar-refractivity contribution in [2.45, 2.75) is 19.8 Å². The summed E-state index contributed by atoms with van der Waals surface area (Å²) in [5.74, 6) is 0.0114. The molecule has 0 radical (unpaired) electrons. The minimum Gasteiger partial charge on any atom is -0.399 e. The Morgan fingerprint density at radius 3 is 2.85 bits per heavy atom. The number of benzene rings is 1. The highest BCUT2D eigenvalue weighted by molar-refractivity contribution is 5.92. The Balaban J connectivity index is 2.34. The summed E-state index contributed by atoms with van der Waals surface area (Å²) in [4.78, 5) is 14.0. The van der Waals surface area contributed by atoms with Crippen molar-refractivity contribution < 1.29 is 9.53 Å². The zero-order valence-electron chi connectivity index (χ0n) is 12.6. The van der Waals surface area contributed by atoms with Gasteiger partial charge in [-0.1, -0.05) is 6.07 Å². The van der Waals surface area contributed by atoms with Gasteiger partial charge >= 0.3 is 0 Å². The normalized spacial score (nSPS) is 10.8. The van der Waals surface area contributed by atoms with Crippen LogP contribution in [0.2, 0.25) is 0 Å². The minimum absolute atomic E-state index is 0.0114. The molecule has 0 aliphatic carbocycles. The Morgan fingerprint density at radius 1 is 1.40 bits per heavy atom. The molecule has 5 heteroatoms. The third kappa shape index (κ3) is 6.04. The van der Waals surface area contributed by atoms with Gasteiger partial charge in [0.05, 0.1) is 0 Å². The predicted molar refractivity (Wildman–Crippen MR) is 82.8 cm³/mol. The summed E-state index contributed by atoms with van der Waals surface area (Å²) in [5.41, 5.74) is 8.18. The van der Waals surface area contributed by atoms with Crippen molar-refractivity contribution in [3.63, 3.8) is 0 Å². The van der Waals surface area contributed by atoms with E-state index in [-0.39, 0.29) is 5.91 Å². The molecule has 0 fully saturated rings. The number of anilines is 2. The van der Waals surface area contributed by atoms with Crippen LogP contribution in [0.3, 0.4) is 0 Å². The van der Waals surface area contributed by atoms with Gasteiger partial charge in [0, 0.05) is 44.6 Å². The number of nitrogens with zero attached hydrogens (tertiary/aromatic N) is 1. The molecule has 0 unspecified atom stereocenters. The number of ether oxygens (including phenoxy) is 1. The molecule has 5 nitrogen and oxygen atoms in total. The van der Waals surface area contributed by atoms with E-state index in [0.29, 0.717) is 12.1 Å². The molecule has 20 heavy (non-hydrogen) atoms. The lowest BCUT2D eigenvalue weighted by molar-refractivity contribution is -0.116. The molecule has 0 bridgehead atoms. The standard InChI is InChI=1S/C15H25N3O2/c1-12-5-6-13(16)11-14(12)17-15(19)7-9-18(2)8-4-10-20-3/h5-6,11H,4,7-10,16H2,1-3H3,(H,17,19). The molecule has 0 aromatic heterocycles. The van der Waals surface area contributed by atoms with Gasteiger partial charge in [0.2, 0.25) is 5.91 Å². The van der Waals surface area contributed by atoms with Crippen LogP contribution >= 0.6 is 0 Å². The Kier molecular flexibility index (Phi) is 7.04. The average Bonchev–Trinajstić information content (AvgIpc) is 2.41. The Bertz CT molecular complexity index is 435. The number of nitrogen functional groups attached to an aromatic ring is 1. The molecule has 0 saturated heterocycles. The van der Waals surface area contributed by atoms with E-state index in [9.17, 15) is 4.79 Å². The fourth-order valence-corrected chi connectivity index (χ4v) is 1.87. The third-order valence-electron chi connectivity index (χ3n) is 3.14. The van der Waals surface area contributed by atoms with Crippen LogP contribution in [0.25, 0.3) is 0 Å². The van der Waals surface area contributed by atoms with Crippen LogP contribution in [-0.2, 0) is 9.53 Å². The molecule has 1 aromatic carbocycles. The summed E-state index contributed by atoms with van der Waals surface area (Å²) in [7, 11) is 3.70. The lowest BCUT2D eigenvalue weighted by Gasteiger charge is -2.16. The highest BCUT2D eigenvalue weighted by Gasteiger charge is 2.07. The molecule has 1 amide bonds. The number of carbonyl (C=O) groups is 1. The van der Waals surface area contributed by atoms with E-state index >= 15 is 0 Å². The number of hydrogen-bond donors (Lipinski definition) is 2. The Morgan fingerprint density at radius 2 is 2.15 bits per heavy atom. The van der Waals surface area contributed by atoms with Gasteiger partial charge in [0.25, 0.3) is 0 Å². The van der Waals surface area contributed by atoms with Crippen molar-refractivity contribution in [3.8, 4) is 0 Å². The first-order valence-electron chi connectivity index (χ1n) is 6.86. The number of nitrogens with two attached hydrogens (primary N) is 1. The fourth-order valence-electron chi connectivity index (χ4n) is 1.87. The first-order chi connectivity index (χ1) is 9.52. The number of nitrogens with one attached hydrogen (secondary N) is 1. The molecule has 112 valence electrons. The molecule has 0 spiro atoms. The molecular formula is C15H25N3O2. The molecule has 0 aliphatic heterocycles. The quantitative estimate of drug-likeness (QED) is 0.563. The molecular weight excluding hydrogens is 254 g/mol. The summed E-state index contributed by atoms with van der Waals surface area (Å²) < 4.78 is 5.00. The van der Waals surface area contributed by atoms with Crippen molar-refractivity contribution in [2.75, 3.05) is 44.9 Å². The van der Waals surface area contributed by atoms with Crippen LogP contribution in [0.1, 0.15) is 18.4 Å². The zero-order valence-corrected chi connectivity index (χ0v) is 12.6. The van der Waals surface area contributed by atoms with Gasteiger partial charge in [0.1, 0.15) is 0 Å². The zero-order chi connectivity index (χ0) is 15.0. The molecule has 3 N–H and O–H groups in total. The topological polar surface area (TPSA) is 67.6 Å². The van der Waals surface area contributed by atoms with Gasteiger partial charge in [0.15, 0.2) is 0 Å². The molecule has 1 aromatic rings. The lowest BCUT2D eigenvalue weighted by atomic mass is 10.2. The van der Waals surface area contributed by atoms with Crippen LogP contribution in [0.5, 0.6) is 0 Å². The lowest BCUT2D eigenvalue weighted by Crippen LogP contribution is -2.26. The van der Waals surface area contributed by atoms with Crippen LogP contribution < -0.4 is 11.1 Å². The first kappa shape index (κ1) is 16.5. The summed E-state index contributed by atoms with van der Waals surface area (Å²) in [6, 6.07) is 5.52. The number of amides is 1. The second kappa shape index (κ2) is 8.55. The summed E-state index contributed by atoms with van der Waals surface area (Å²) in [6.45, 7) is 4.36. The maximum absolute atomic E-state index is 11.9. The van der Waals surface area contributed by atoms with E-state index in [1.807, 2.05) is 26.1 Å². The highest BCUT2D eigenvalue weighted by atomic mass is 16.5. The maximum Gasteiger partial charge on any atom is 0.225 e. The molecule has 0 saturated carbocycles. The molecule has 0 aliphatic rings. The van der Waals surface area contributed by atoms with Crippen LogP contribution in [-0.4, -0.2) is 44.7 Å². The maximum atomic E-state index is 11.9. The summed E-state index contributed by atoms with van der Waals surface area (Å²) in [6.07, 6.45) is 1.45. The fraction of sp³-hybridized carbons (Fsp3) is 0.533. The van der Waals surface area contributed by atoms with E-state index in [2.05, 4.69) is 10.2 Å². The summed E-state index contributed by atoms with van der Waals surface area (Å²) in [5, 5.41) is 2.90. The largest absolute Gasteiger partial charge is 0.399 e. The van der Waals surface area contributed by atoms with E-state index in [1.54, 1.807) is 13.2 Å². The van der Waals surface area contributed by atoms with E-state index in [0.717, 1.165) is 37.4 Å². The van der Waals surface area contributed by atoms with Crippen molar-refractivity contribution in [1.82, 2.24) is 4.90 Å². The highest BCUT2D eigenvalue weighted by Crippen LogP contribution is 2.18. The van der Waals surface area contributed by atoms with Gasteiger partial charge in [-0.3, -0.25) is 4.79 Å². The van der Waals surface area contributed by atoms with Crippen molar-refractivity contribution in [2.24, 2.45) is 0 Å². The second-order valence-corrected chi connectivity index (χ2v) is 5.02.